The van der Waals surface area contributed by atoms with Crippen LogP contribution in [0.1, 0.15) is 11.1 Å². The number of amides is 1. The first kappa shape index (κ1) is 14.5. The van der Waals surface area contributed by atoms with Gasteiger partial charge in [0.25, 0.3) is 0 Å². The van der Waals surface area contributed by atoms with Crippen LogP contribution in [0.25, 0.3) is 0 Å². The van der Waals surface area contributed by atoms with Gasteiger partial charge in [-0.25, -0.2) is 4.39 Å². The first-order valence-electron chi connectivity index (χ1n) is 7.07. The Labute approximate surface area is 128 Å². The highest BCUT2D eigenvalue weighted by Crippen LogP contribution is 2.41. The molecular formula is C17H17FN2O2. The van der Waals surface area contributed by atoms with Gasteiger partial charge in [0.15, 0.2) is 17.3 Å². The number of fused-ring (bicyclic) bond motifs is 1. The molecule has 0 spiro atoms. The monoisotopic (exact) mass is 300 g/mol. The van der Waals surface area contributed by atoms with E-state index in [1.165, 1.54) is 11.0 Å². The molecule has 1 heterocycles. The lowest BCUT2D eigenvalue weighted by molar-refractivity contribution is -0.119. The number of hydrogen-bond donors (Lipinski definition) is 1. The van der Waals surface area contributed by atoms with Crippen molar-refractivity contribution in [2.24, 2.45) is 5.73 Å². The molecule has 0 bridgehead atoms. The van der Waals surface area contributed by atoms with E-state index in [4.69, 9.17) is 10.5 Å². The second-order valence-corrected chi connectivity index (χ2v) is 5.46. The summed E-state index contributed by atoms with van der Waals surface area (Å²) in [4.78, 5) is 13.6. The average molecular weight is 300 g/mol. The molecule has 0 aliphatic carbocycles. The Kier molecular flexibility index (Phi) is 3.58. The van der Waals surface area contributed by atoms with E-state index < -0.39 is 11.9 Å². The largest absolute Gasteiger partial charge is 0.452 e. The highest BCUT2D eigenvalue weighted by Gasteiger charge is 2.31. The number of benzene rings is 2. The SMILES string of the molecule is Cc1ccc2c(c1Oc1ccccc1F)N(C)C(=O)[C@H](N)C2. The number of nitrogens with two attached hydrogens (primary N) is 1. The number of para-hydroxylation sites is 1. The molecule has 3 rings (SSSR count). The molecule has 0 saturated heterocycles. The maximum Gasteiger partial charge on any atom is 0.244 e. The van der Waals surface area contributed by atoms with Gasteiger partial charge in [-0.2, -0.15) is 0 Å². The summed E-state index contributed by atoms with van der Waals surface area (Å²) in [5.74, 6) is 0.0116. The van der Waals surface area contributed by atoms with Crippen molar-refractivity contribution in [1.29, 1.82) is 0 Å². The van der Waals surface area contributed by atoms with Gasteiger partial charge in [-0.15, -0.1) is 0 Å². The Morgan fingerprint density at radius 2 is 2.00 bits per heavy atom. The Hall–Kier alpha value is -2.40. The number of ether oxygens (including phenoxy) is 1. The number of aryl methyl sites for hydroxylation is 1. The third-order valence-electron chi connectivity index (χ3n) is 3.88. The number of anilines is 1. The summed E-state index contributed by atoms with van der Waals surface area (Å²) < 4.78 is 19.6. The van der Waals surface area contributed by atoms with Gasteiger partial charge in [-0.3, -0.25) is 4.79 Å². The first-order valence-corrected chi connectivity index (χ1v) is 7.07. The number of hydrogen-bond acceptors (Lipinski definition) is 3. The normalized spacial score (nSPS) is 17.4. The van der Waals surface area contributed by atoms with Gasteiger partial charge in [-0.1, -0.05) is 24.3 Å². The Balaban J connectivity index is 2.11. The lowest BCUT2D eigenvalue weighted by Crippen LogP contribution is -2.47. The molecule has 1 atom stereocenters. The van der Waals surface area contributed by atoms with Gasteiger partial charge in [0.05, 0.1) is 11.7 Å². The number of carbonyl (C=O) groups is 1. The molecular weight excluding hydrogens is 283 g/mol. The fourth-order valence-electron chi connectivity index (χ4n) is 2.69. The fraction of sp³-hybridized carbons (Fsp3) is 0.235. The molecule has 0 saturated carbocycles. The smallest absolute Gasteiger partial charge is 0.244 e. The van der Waals surface area contributed by atoms with Gasteiger partial charge in [0, 0.05) is 7.05 Å². The maximum atomic E-state index is 13.8. The molecule has 2 aromatic carbocycles. The van der Waals surface area contributed by atoms with Crippen LogP contribution in [0.3, 0.4) is 0 Å². The summed E-state index contributed by atoms with van der Waals surface area (Å²) in [5.41, 5.74) is 8.27. The summed E-state index contributed by atoms with van der Waals surface area (Å²) in [6.07, 6.45) is 0.451. The van der Waals surface area contributed by atoms with E-state index >= 15 is 0 Å². The van der Waals surface area contributed by atoms with Crippen molar-refractivity contribution < 1.29 is 13.9 Å². The van der Waals surface area contributed by atoms with Crippen molar-refractivity contribution in [1.82, 2.24) is 0 Å². The maximum absolute atomic E-state index is 13.8. The van der Waals surface area contributed by atoms with Crippen molar-refractivity contribution in [2.75, 3.05) is 11.9 Å². The summed E-state index contributed by atoms with van der Waals surface area (Å²) >= 11 is 0. The zero-order valence-electron chi connectivity index (χ0n) is 12.5. The van der Waals surface area contributed by atoms with Crippen LogP contribution < -0.4 is 15.4 Å². The minimum Gasteiger partial charge on any atom is -0.452 e. The zero-order valence-corrected chi connectivity index (χ0v) is 12.5. The Morgan fingerprint density at radius 3 is 2.73 bits per heavy atom. The second kappa shape index (κ2) is 5.42. The molecule has 2 N–H and O–H groups in total. The highest BCUT2D eigenvalue weighted by atomic mass is 19.1. The van der Waals surface area contributed by atoms with E-state index in [0.717, 1.165) is 11.1 Å². The molecule has 114 valence electrons. The number of rotatable bonds is 2. The van der Waals surface area contributed by atoms with Crippen LogP contribution in [0.2, 0.25) is 0 Å². The molecule has 0 aromatic heterocycles. The molecule has 1 aliphatic heterocycles. The molecule has 5 heteroatoms. The third kappa shape index (κ3) is 2.33. The van der Waals surface area contributed by atoms with Crippen LogP contribution in [-0.2, 0) is 11.2 Å². The zero-order chi connectivity index (χ0) is 15.9. The number of halogens is 1. The van der Waals surface area contributed by atoms with Gasteiger partial charge >= 0.3 is 0 Å². The van der Waals surface area contributed by atoms with Crippen LogP contribution in [0.4, 0.5) is 10.1 Å². The number of carbonyl (C=O) groups excluding carboxylic acids is 1. The summed E-state index contributed by atoms with van der Waals surface area (Å²) in [6.45, 7) is 1.86. The van der Waals surface area contributed by atoms with E-state index in [0.29, 0.717) is 17.9 Å². The van der Waals surface area contributed by atoms with Crippen molar-refractivity contribution in [3.63, 3.8) is 0 Å². The van der Waals surface area contributed by atoms with Gasteiger partial charge in [0.1, 0.15) is 0 Å². The Bertz CT molecular complexity index is 745. The van der Waals surface area contributed by atoms with Crippen LogP contribution >= 0.6 is 0 Å². The highest BCUT2D eigenvalue weighted by molar-refractivity contribution is 6.01. The predicted molar refractivity (Wildman–Crippen MR) is 82.7 cm³/mol. The molecule has 4 nitrogen and oxygen atoms in total. The van der Waals surface area contributed by atoms with Crippen molar-refractivity contribution in [3.8, 4) is 11.5 Å². The first-order chi connectivity index (χ1) is 10.5. The topological polar surface area (TPSA) is 55.6 Å². The standard InChI is InChI=1S/C17H17FN2O2/c1-10-7-8-11-9-13(19)17(21)20(2)15(11)16(10)22-14-6-4-3-5-12(14)18/h3-8,13H,9,19H2,1-2H3/t13-/m1/s1. The fourth-order valence-corrected chi connectivity index (χ4v) is 2.69. The van der Waals surface area contributed by atoms with Crippen molar-refractivity contribution >= 4 is 11.6 Å². The van der Waals surface area contributed by atoms with E-state index in [1.807, 2.05) is 19.1 Å². The minimum atomic E-state index is -0.554. The Morgan fingerprint density at radius 1 is 1.27 bits per heavy atom. The quantitative estimate of drug-likeness (QED) is 0.928. The predicted octanol–water partition coefficient (Wildman–Crippen LogP) is 2.77. The summed E-state index contributed by atoms with van der Waals surface area (Å²) in [5, 5.41) is 0. The van der Waals surface area contributed by atoms with E-state index in [-0.39, 0.29) is 11.7 Å². The molecule has 1 aliphatic rings. The molecule has 0 radical (unpaired) electrons. The van der Waals surface area contributed by atoms with Gasteiger partial charge in [0.2, 0.25) is 5.91 Å². The van der Waals surface area contributed by atoms with Crippen molar-refractivity contribution in [3.05, 3.63) is 53.3 Å². The summed E-state index contributed by atoms with van der Waals surface area (Å²) in [7, 11) is 1.66. The van der Waals surface area contributed by atoms with Crippen molar-refractivity contribution in [2.45, 2.75) is 19.4 Å². The molecule has 2 aromatic rings. The molecule has 1 amide bonds. The van der Waals surface area contributed by atoms with Crippen LogP contribution in [0.5, 0.6) is 11.5 Å². The van der Waals surface area contributed by atoms with Gasteiger partial charge in [-0.05, 0) is 36.6 Å². The number of likely N-dealkylation sites (N-methyl/N-ethyl adjacent to an activating group) is 1. The third-order valence-corrected chi connectivity index (χ3v) is 3.88. The van der Waals surface area contributed by atoms with Crippen LogP contribution in [0.15, 0.2) is 36.4 Å². The number of nitrogens with zero attached hydrogens (tertiary/aromatic N) is 1. The lowest BCUT2D eigenvalue weighted by atomic mass is 9.96. The molecule has 0 fully saturated rings. The lowest BCUT2D eigenvalue weighted by Gasteiger charge is -2.31. The van der Waals surface area contributed by atoms with Gasteiger partial charge < -0.3 is 15.4 Å². The van der Waals surface area contributed by atoms with E-state index in [2.05, 4.69) is 0 Å². The van der Waals surface area contributed by atoms with E-state index in [9.17, 15) is 9.18 Å². The molecule has 0 unspecified atom stereocenters. The molecule has 22 heavy (non-hydrogen) atoms. The summed E-state index contributed by atoms with van der Waals surface area (Å²) in [6, 6.07) is 9.47. The van der Waals surface area contributed by atoms with E-state index in [1.54, 1.807) is 25.2 Å². The van der Waals surface area contributed by atoms with Crippen LogP contribution in [0, 0.1) is 12.7 Å². The second-order valence-electron chi connectivity index (χ2n) is 5.46. The minimum absolute atomic E-state index is 0.134. The average Bonchev–Trinajstić information content (AvgIpc) is 2.50. The van der Waals surface area contributed by atoms with Crippen LogP contribution in [-0.4, -0.2) is 19.0 Å².